The average Bonchev–Trinajstić information content (AvgIpc) is 3.43. The molecule has 1 aliphatic carbocycles. The Morgan fingerprint density at radius 2 is 1.34 bits per heavy atom. The first-order valence-electron chi connectivity index (χ1n) is 8.35. The van der Waals surface area contributed by atoms with Crippen LogP contribution >= 0.6 is 23.5 Å². The third-order valence-corrected chi connectivity index (χ3v) is 6.24. The summed E-state index contributed by atoms with van der Waals surface area (Å²) in [7, 11) is 0. The Hall–Kier alpha value is -3.44. The Kier molecular flexibility index (Phi) is 4.18. The van der Waals surface area contributed by atoms with Crippen LogP contribution in [-0.2, 0) is 0 Å². The van der Waals surface area contributed by atoms with Crippen LogP contribution in [0.2, 0.25) is 0 Å². The molecule has 2 aromatic carbocycles. The molecule has 0 aliphatic heterocycles. The zero-order chi connectivity index (χ0) is 20.0. The molecule has 0 unspecified atom stereocenters. The highest BCUT2D eigenvalue weighted by atomic mass is 32.2. The number of carbonyl (C=O) groups excluding carboxylic acids is 2. The van der Waals surface area contributed by atoms with Gasteiger partial charge in [0.25, 0.3) is 0 Å². The number of hydrogen-bond acceptors (Lipinski definition) is 9. The molecule has 11 heteroatoms. The fraction of sp³-hybridized carbons (Fsp3) is 0. The van der Waals surface area contributed by atoms with Crippen LogP contribution < -0.4 is 5.73 Å². The van der Waals surface area contributed by atoms with E-state index < -0.39 is 0 Å². The summed E-state index contributed by atoms with van der Waals surface area (Å²) in [6.45, 7) is 0. The second kappa shape index (κ2) is 6.87. The molecule has 142 valence electrons. The van der Waals surface area contributed by atoms with Gasteiger partial charge in [-0.3, -0.25) is 19.8 Å². The first kappa shape index (κ1) is 17.6. The van der Waals surface area contributed by atoms with Gasteiger partial charge in [0, 0.05) is 26.5 Å². The van der Waals surface area contributed by atoms with E-state index in [0.29, 0.717) is 31.2 Å². The number of nitrogens with two attached hydrogens (primary N) is 1. The van der Waals surface area contributed by atoms with Crippen molar-refractivity contribution in [2.75, 3.05) is 5.73 Å². The summed E-state index contributed by atoms with van der Waals surface area (Å²) in [6.07, 6.45) is 2.75. The van der Waals surface area contributed by atoms with Gasteiger partial charge in [-0.05, 0) is 29.6 Å². The summed E-state index contributed by atoms with van der Waals surface area (Å²) in [4.78, 5) is 35.9. The van der Waals surface area contributed by atoms with Gasteiger partial charge in [-0.1, -0.05) is 24.3 Å². The van der Waals surface area contributed by atoms with Gasteiger partial charge in [0.1, 0.15) is 12.7 Å². The zero-order valence-corrected chi connectivity index (χ0v) is 16.2. The van der Waals surface area contributed by atoms with Crippen molar-refractivity contribution in [3.05, 3.63) is 65.2 Å². The molecule has 0 saturated heterocycles. The maximum atomic E-state index is 13.3. The third-order valence-electron chi connectivity index (χ3n) is 4.36. The fourth-order valence-corrected chi connectivity index (χ4v) is 4.87. The molecule has 9 nitrogen and oxygen atoms in total. The minimum absolute atomic E-state index is 0.195. The van der Waals surface area contributed by atoms with Crippen molar-refractivity contribution in [2.45, 2.75) is 20.1 Å². The van der Waals surface area contributed by atoms with Crippen molar-refractivity contribution in [3.8, 4) is 0 Å². The summed E-state index contributed by atoms with van der Waals surface area (Å²) in [6, 6.07) is 8.50. The third kappa shape index (κ3) is 2.91. The second-order valence-electron chi connectivity index (χ2n) is 6.03. The summed E-state index contributed by atoms with van der Waals surface area (Å²) in [5.41, 5.74) is 7.77. The van der Waals surface area contributed by atoms with Gasteiger partial charge in [0.2, 0.25) is 0 Å². The highest BCUT2D eigenvalue weighted by Gasteiger charge is 2.35. The van der Waals surface area contributed by atoms with E-state index in [4.69, 9.17) is 5.73 Å². The molecule has 2 aromatic heterocycles. The van der Waals surface area contributed by atoms with E-state index in [9.17, 15) is 9.59 Å². The largest absolute Gasteiger partial charge is 0.397 e. The van der Waals surface area contributed by atoms with Crippen molar-refractivity contribution in [1.29, 1.82) is 0 Å². The topological polar surface area (TPSA) is 143 Å². The molecule has 0 radical (unpaired) electrons. The van der Waals surface area contributed by atoms with Gasteiger partial charge in [-0.2, -0.15) is 10.2 Å². The molecular weight excluding hydrogens is 410 g/mol. The van der Waals surface area contributed by atoms with Crippen molar-refractivity contribution < 1.29 is 9.59 Å². The SMILES string of the molecule is Nc1c(Sc2ncn[nH]2)cc(Sc2ncn[nH]2)c2c1C(=O)c1ccccc1C2=O. The molecule has 0 spiro atoms. The molecule has 0 bridgehead atoms. The van der Waals surface area contributed by atoms with Crippen LogP contribution in [0.25, 0.3) is 0 Å². The molecule has 29 heavy (non-hydrogen) atoms. The molecule has 4 aromatic rings. The number of rotatable bonds is 4. The average molecular weight is 421 g/mol. The number of H-pyrrole nitrogens is 2. The zero-order valence-electron chi connectivity index (χ0n) is 14.5. The number of nitrogen functional groups attached to an aromatic ring is 1. The van der Waals surface area contributed by atoms with Crippen LogP contribution in [0.15, 0.2) is 63.1 Å². The van der Waals surface area contributed by atoms with Crippen LogP contribution in [0.4, 0.5) is 5.69 Å². The lowest BCUT2D eigenvalue weighted by Gasteiger charge is -2.22. The lowest BCUT2D eigenvalue weighted by Crippen LogP contribution is -2.23. The van der Waals surface area contributed by atoms with Gasteiger partial charge in [0.05, 0.1) is 11.3 Å². The van der Waals surface area contributed by atoms with E-state index in [1.807, 2.05) is 0 Å². The molecule has 2 heterocycles. The summed E-state index contributed by atoms with van der Waals surface area (Å²) in [5, 5.41) is 14.2. The van der Waals surface area contributed by atoms with Crippen molar-refractivity contribution >= 4 is 40.8 Å². The van der Waals surface area contributed by atoms with Crippen molar-refractivity contribution in [3.63, 3.8) is 0 Å². The Labute approximate surface area is 171 Å². The lowest BCUT2D eigenvalue weighted by molar-refractivity contribution is 0.0977. The monoisotopic (exact) mass is 421 g/mol. The standard InChI is InChI=1S/C18H11N7O2S2/c19-14-11(29-18-21-7-23-25-18)5-10(28-17-20-6-22-24-17)12-13(14)16(27)9-4-2-1-3-8(9)15(12)26/h1-7H,19H2,(H,20,22,24)(H,21,23,25). The van der Waals surface area contributed by atoms with Crippen LogP contribution in [0.1, 0.15) is 31.8 Å². The molecule has 0 amide bonds. The summed E-state index contributed by atoms with van der Waals surface area (Å²) < 4.78 is 0. The Balaban J connectivity index is 1.73. The van der Waals surface area contributed by atoms with E-state index >= 15 is 0 Å². The number of aromatic nitrogens is 6. The van der Waals surface area contributed by atoms with E-state index in [1.54, 1.807) is 30.3 Å². The number of ketones is 2. The van der Waals surface area contributed by atoms with Crippen molar-refractivity contribution in [2.24, 2.45) is 0 Å². The molecule has 0 atom stereocenters. The predicted octanol–water partition coefficient (Wildman–Crippen LogP) is 2.58. The van der Waals surface area contributed by atoms with E-state index in [-0.39, 0.29) is 28.4 Å². The number of nitrogens with zero attached hydrogens (tertiary/aromatic N) is 4. The van der Waals surface area contributed by atoms with Gasteiger partial charge < -0.3 is 5.73 Å². The molecule has 5 rings (SSSR count). The number of anilines is 1. The highest BCUT2D eigenvalue weighted by Crippen LogP contribution is 2.44. The number of carbonyl (C=O) groups is 2. The second-order valence-corrected chi connectivity index (χ2v) is 8.09. The number of nitrogens with one attached hydrogen (secondary N) is 2. The quantitative estimate of drug-likeness (QED) is 0.373. The maximum Gasteiger partial charge on any atom is 0.196 e. The minimum atomic E-state index is -0.285. The maximum absolute atomic E-state index is 13.3. The molecule has 0 fully saturated rings. The van der Waals surface area contributed by atoms with Gasteiger partial charge in [-0.15, -0.1) is 0 Å². The molecular formula is C18H11N7O2S2. The number of hydrogen-bond donors (Lipinski definition) is 3. The smallest absolute Gasteiger partial charge is 0.196 e. The Morgan fingerprint density at radius 3 is 1.90 bits per heavy atom. The Morgan fingerprint density at radius 1 is 0.793 bits per heavy atom. The van der Waals surface area contributed by atoms with E-state index in [0.717, 1.165) is 0 Å². The van der Waals surface area contributed by atoms with E-state index in [2.05, 4.69) is 30.4 Å². The number of benzene rings is 2. The minimum Gasteiger partial charge on any atom is -0.397 e. The van der Waals surface area contributed by atoms with Crippen LogP contribution in [0, 0.1) is 0 Å². The van der Waals surface area contributed by atoms with Crippen LogP contribution in [0.3, 0.4) is 0 Å². The highest BCUT2D eigenvalue weighted by molar-refractivity contribution is 8.00. The molecule has 4 N–H and O–H groups in total. The summed E-state index contributed by atoms with van der Waals surface area (Å²) >= 11 is 2.44. The van der Waals surface area contributed by atoms with Crippen molar-refractivity contribution in [1.82, 2.24) is 30.4 Å². The lowest BCUT2D eigenvalue weighted by atomic mass is 9.83. The van der Waals surface area contributed by atoms with Gasteiger partial charge >= 0.3 is 0 Å². The first-order chi connectivity index (χ1) is 14.1. The van der Waals surface area contributed by atoms with Gasteiger partial charge in [0.15, 0.2) is 21.9 Å². The normalized spacial score (nSPS) is 12.7. The van der Waals surface area contributed by atoms with Crippen LogP contribution in [-0.4, -0.2) is 41.9 Å². The summed E-state index contributed by atoms with van der Waals surface area (Å²) in [5.74, 6) is -0.535. The predicted molar refractivity (Wildman–Crippen MR) is 105 cm³/mol. The van der Waals surface area contributed by atoms with Gasteiger partial charge in [-0.25, -0.2) is 9.97 Å². The number of aromatic amines is 2. The Bertz CT molecular complexity index is 1250. The fourth-order valence-electron chi connectivity index (χ4n) is 3.12. The molecule has 0 saturated carbocycles. The first-order valence-corrected chi connectivity index (χ1v) is 9.98. The number of fused-ring (bicyclic) bond motifs is 2. The van der Waals surface area contributed by atoms with Crippen LogP contribution in [0.5, 0.6) is 0 Å². The van der Waals surface area contributed by atoms with E-state index in [1.165, 1.54) is 36.2 Å². The molecule has 1 aliphatic rings.